The van der Waals surface area contributed by atoms with E-state index in [1.54, 1.807) is 7.11 Å². The van der Waals surface area contributed by atoms with Crippen LogP contribution in [0.3, 0.4) is 0 Å². The fraction of sp³-hybridized carbons (Fsp3) is 0.429. The first-order valence-electron chi connectivity index (χ1n) is 6.69. The predicted molar refractivity (Wildman–Crippen MR) is 80.7 cm³/mol. The van der Waals surface area contributed by atoms with Crippen LogP contribution in [-0.2, 0) is 12.8 Å². The van der Waals surface area contributed by atoms with E-state index in [1.165, 1.54) is 11.5 Å². The van der Waals surface area contributed by atoms with Crippen LogP contribution in [0.15, 0.2) is 24.3 Å². The molecule has 0 spiro atoms. The van der Waals surface area contributed by atoms with Crippen LogP contribution < -0.4 is 16.0 Å². The van der Waals surface area contributed by atoms with Gasteiger partial charge in [0.1, 0.15) is 5.75 Å². The van der Waals surface area contributed by atoms with E-state index in [1.807, 2.05) is 18.2 Å². The normalized spacial score (nSPS) is 12.3. The minimum Gasteiger partial charge on any atom is -0.496 e. The molecule has 5 nitrogen and oxygen atoms in total. The molecule has 20 heavy (non-hydrogen) atoms. The van der Waals surface area contributed by atoms with Crippen molar-refractivity contribution >= 4 is 11.5 Å². The first-order valence-corrected chi connectivity index (χ1v) is 7.46. The minimum atomic E-state index is 0.00727. The molecule has 2 rings (SSSR count). The van der Waals surface area contributed by atoms with Crippen molar-refractivity contribution in [2.75, 3.05) is 7.11 Å². The summed E-state index contributed by atoms with van der Waals surface area (Å²) in [6, 6.07) is 7.98. The Kier molecular flexibility index (Phi) is 5.46. The number of aromatic nitrogens is 2. The molecule has 108 valence electrons. The molecule has 1 unspecified atom stereocenters. The molecule has 2 aromatic rings. The van der Waals surface area contributed by atoms with Crippen LogP contribution in [-0.4, -0.2) is 16.7 Å². The maximum absolute atomic E-state index is 5.73. The standard InChI is InChI=1S/C14H20N4OS/c1-3-6-11-14(20-18-17-11)12(16-15)9-10-7-4-5-8-13(10)19-2/h4-5,7-8,12,16H,3,6,9,15H2,1-2H3. The van der Waals surface area contributed by atoms with E-state index in [-0.39, 0.29) is 6.04 Å². The van der Waals surface area contributed by atoms with E-state index in [0.29, 0.717) is 0 Å². The predicted octanol–water partition coefficient (Wildman–Crippen LogP) is 2.25. The molecular weight excluding hydrogens is 272 g/mol. The molecule has 6 heteroatoms. The molecule has 0 aliphatic rings. The lowest BCUT2D eigenvalue weighted by Gasteiger charge is -2.16. The van der Waals surface area contributed by atoms with Crippen molar-refractivity contribution in [3.8, 4) is 5.75 Å². The van der Waals surface area contributed by atoms with Crippen molar-refractivity contribution in [1.82, 2.24) is 15.0 Å². The van der Waals surface area contributed by atoms with Crippen LogP contribution in [0.25, 0.3) is 0 Å². The summed E-state index contributed by atoms with van der Waals surface area (Å²) in [6.07, 6.45) is 2.72. The number of aryl methyl sites for hydroxylation is 1. The first-order chi connectivity index (χ1) is 9.80. The molecule has 3 N–H and O–H groups in total. The topological polar surface area (TPSA) is 73.1 Å². The average Bonchev–Trinajstić information content (AvgIpc) is 2.93. The Morgan fingerprint density at radius 1 is 1.40 bits per heavy atom. The molecular formula is C14H20N4OS. The third-order valence-electron chi connectivity index (χ3n) is 3.21. The molecule has 0 bridgehead atoms. The van der Waals surface area contributed by atoms with Gasteiger partial charge in [-0.25, -0.2) is 0 Å². The van der Waals surface area contributed by atoms with Gasteiger partial charge in [-0.1, -0.05) is 36.0 Å². The number of para-hydroxylation sites is 1. The number of hydrogen-bond donors (Lipinski definition) is 2. The Morgan fingerprint density at radius 3 is 2.90 bits per heavy atom. The van der Waals surface area contributed by atoms with Gasteiger partial charge in [-0.05, 0) is 36.0 Å². The lowest BCUT2D eigenvalue weighted by atomic mass is 10.0. The summed E-state index contributed by atoms with van der Waals surface area (Å²) < 4.78 is 9.45. The quantitative estimate of drug-likeness (QED) is 0.605. The second kappa shape index (κ2) is 7.33. The van der Waals surface area contributed by atoms with E-state index in [4.69, 9.17) is 10.6 Å². The Bertz CT molecular complexity index is 543. The van der Waals surface area contributed by atoms with Crippen LogP contribution in [0.2, 0.25) is 0 Å². The van der Waals surface area contributed by atoms with Crippen LogP contribution in [0.1, 0.15) is 35.5 Å². The van der Waals surface area contributed by atoms with Crippen molar-refractivity contribution in [2.24, 2.45) is 5.84 Å². The summed E-state index contributed by atoms with van der Waals surface area (Å²) in [4.78, 5) is 1.11. The number of rotatable bonds is 7. The number of methoxy groups -OCH3 is 1. The summed E-state index contributed by atoms with van der Waals surface area (Å²) >= 11 is 1.41. The van der Waals surface area contributed by atoms with E-state index < -0.39 is 0 Å². The van der Waals surface area contributed by atoms with Gasteiger partial charge in [0.25, 0.3) is 0 Å². The highest BCUT2D eigenvalue weighted by molar-refractivity contribution is 7.05. The third-order valence-corrected chi connectivity index (χ3v) is 4.09. The number of ether oxygens (including phenoxy) is 1. The maximum atomic E-state index is 5.73. The molecule has 0 saturated heterocycles. The minimum absolute atomic E-state index is 0.00727. The van der Waals surface area contributed by atoms with Crippen LogP contribution in [0.5, 0.6) is 5.75 Å². The monoisotopic (exact) mass is 292 g/mol. The highest BCUT2D eigenvalue weighted by Gasteiger charge is 2.19. The molecule has 0 amide bonds. The van der Waals surface area contributed by atoms with Gasteiger partial charge in [-0.15, -0.1) is 5.10 Å². The van der Waals surface area contributed by atoms with Gasteiger partial charge in [0.05, 0.1) is 23.7 Å². The number of nitrogens with one attached hydrogen (secondary N) is 1. The van der Waals surface area contributed by atoms with Crippen molar-refractivity contribution in [3.63, 3.8) is 0 Å². The molecule has 0 aliphatic heterocycles. The van der Waals surface area contributed by atoms with E-state index in [9.17, 15) is 0 Å². The summed E-state index contributed by atoms with van der Waals surface area (Å²) in [7, 11) is 1.68. The van der Waals surface area contributed by atoms with E-state index >= 15 is 0 Å². The van der Waals surface area contributed by atoms with Crippen LogP contribution in [0.4, 0.5) is 0 Å². The molecule has 1 aromatic carbocycles. The van der Waals surface area contributed by atoms with Crippen molar-refractivity contribution in [3.05, 3.63) is 40.4 Å². The molecule has 0 radical (unpaired) electrons. The molecule has 0 saturated carbocycles. The highest BCUT2D eigenvalue weighted by Crippen LogP contribution is 2.28. The van der Waals surface area contributed by atoms with Crippen molar-refractivity contribution < 1.29 is 4.74 Å². The Labute approximate surface area is 123 Å². The number of hydrazine groups is 1. The van der Waals surface area contributed by atoms with Gasteiger partial charge in [0, 0.05) is 0 Å². The Balaban J connectivity index is 2.22. The maximum Gasteiger partial charge on any atom is 0.122 e. The van der Waals surface area contributed by atoms with Crippen LogP contribution >= 0.6 is 11.5 Å². The summed E-state index contributed by atoms with van der Waals surface area (Å²) in [5.74, 6) is 6.61. The molecule has 1 atom stereocenters. The number of hydrogen-bond acceptors (Lipinski definition) is 6. The zero-order valence-electron chi connectivity index (χ0n) is 11.8. The smallest absolute Gasteiger partial charge is 0.122 e. The van der Waals surface area contributed by atoms with Gasteiger partial charge in [0.2, 0.25) is 0 Å². The largest absolute Gasteiger partial charge is 0.496 e. The van der Waals surface area contributed by atoms with E-state index in [2.05, 4.69) is 28.0 Å². The van der Waals surface area contributed by atoms with Gasteiger partial charge in [-0.2, -0.15) is 0 Å². The lowest BCUT2D eigenvalue weighted by molar-refractivity contribution is 0.406. The van der Waals surface area contributed by atoms with Crippen LogP contribution in [0, 0.1) is 0 Å². The average molecular weight is 292 g/mol. The molecule has 0 aliphatic carbocycles. The van der Waals surface area contributed by atoms with Gasteiger partial charge in [-0.3, -0.25) is 11.3 Å². The Morgan fingerprint density at radius 2 is 2.20 bits per heavy atom. The van der Waals surface area contributed by atoms with Gasteiger partial charge < -0.3 is 4.74 Å². The fourth-order valence-electron chi connectivity index (χ4n) is 2.21. The summed E-state index contributed by atoms with van der Waals surface area (Å²) in [5.41, 5.74) is 5.03. The van der Waals surface area contributed by atoms with Crippen molar-refractivity contribution in [1.29, 1.82) is 0 Å². The first kappa shape index (κ1) is 14.9. The van der Waals surface area contributed by atoms with Gasteiger partial charge >= 0.3 is 0 Å². The SMILES string of the molecule is CCCc1nnsc1C(Cc1ccccc1OC)NN. The summed E-state index contributed by atoms with van der Waals surface area (Å²) in [6.45, 7) is 2.13. The van der Waals surface area contributed by atoms with E-state index in [0.717, 1.165) is 41.1 Å². The van der Waals surface area contributed by atoms with Crippen molar-refractivity contribution in [2.45, 2.75) is 32.2 Å². The lowest BCUT2D eigenvalue weighted by Crippen LogP contribution is -2.29. The third kappa shape index (κ3) is 3.33. The molecule has 0 fully saturated rings. The number of nitrogens with zero attached hydrogens (tertiary/aromatic N) is 2. The van der Waals surface area contributed by atoms with Gasteiger partial charge in [0.15, 0.2) is 0 Å². The Hall–Kier alpha value is -1.50. The number of nitrogens with two attached hydrogens (primary N) is 1. The fourth-order valence-corrected chi connectivity index (χ4v) is 2.96. The number of benzene rings is 1. The molecule has 1 aromatic heterocycles. The second-order valence-corrected chi connectivity index (χ2v) is 5.35. The zero-order valence-corrected chi connectivity index (χ0v) is 12.6. The second-order valence-electron chi connectivity index (χ2n) is 4.57. The zero-order chi connectivity index (χ0) is 14.4. The summed E-state index contributed by atoms with van der Waals surface area (Å²) in [5, 5.41) is 4.20. The highest BCUT2D eigenvalue weighted by atomic mass is 32.1. The molecule has 1 heterocycles.